The molecule has 0 aliphatic rings. The summed E-state index contributed by atoms with van der Waals surface area (Å²) in [6, 6.07) is 1.43. The summed E-state index contributed by atoms with van der Waals surface area (Å²) in [4.78, 5) is 7.64. The molecule has 1 heterocycles. The molecule has 1 N–H and O–H groups in total. The molecule has 0 aliphatic carbocycles. The van der Waals surface area contributed by atoms with Crippen LogP contribution in [0.5, 0.6) is 11.8 Å². The summed E-state index contributed by atoms with van der Waals surface area (Å²) in [5.41, 5.74) is 0. The molecule has 0 atom stereocenters. The number of nitrogens with zero attached hydrogens (tertiary/aromatic N) is 2. The van der Waals surface area contributed by atoms with E-state index in [4.69, 9.17) is 21.1 Å². The van der Waals surface area contributed by atoms with Crippen molar-refractivity contribution in [2.45, 2.75) is 0 Å². The molecule has 1 aromatic heterocycles. The number of anilines is 1. The molecule has 96 valence electrons. The van der Waals surface area contributed by atoms with E-state index >= 15 is 0 Å². The third-order valence-corrected chi connectivity index (χ3v) is 3.34. The van der Waals surface area contributed by atoms with E-state index in [-0.39, 0.29) is 29.3 Å². The molecule has 0 bridgehead atoms. The van der Waals surface area contributed by atoms with Gasteiger partial charge in [-0.3, -0.25) is 4.72 Å². The quantitative estimate of drug-likeness (QED) is 0.763. The van der Waals surface area contributed by atoms with Crippen LogP contribution in [0.1, 0.15) is 0 Å². The normalized spacial score (nSPS) is 11.0. The van der Waals surface area contributed by atoms with Crippen molar-refractivity contribution in [2.24, 2.45) is 0 Å². The number of hydrogen-bond donors (Lipinski definition) is 1. The second kappa shape index (κ2) is 5.87. The predicted octanol–water partition coefficient (Wildman–Crippen LogP) is 0.474. The van der Waals surface area contributed by atoms with Gasteiger partial charge in [-0.05, 0) is 0 Å². The monoisotopic (exact) mass is 281 g/mol. The summed E-state index contributed by atoms with van der Waals surface area (Å²) in [7, 11) is -0.750. The van der Waals surface area contributed by atoms with Crippen LogP contribution >= 0.6 is 11.6 Å². The fourth-order valence-corrected chi connectivity index (χ4v) is 2.23. The van der Waals surface area contributed by atoms with Crippen LogP contribution < -0.4 is 14.2 Å². The molecular weight excluding hydrogens is 270 g/mol. The van der Waals surface area contributed by atoms with E-state index in [1.807, 2.05) is 0 Å². The largest absolute Gasteiger partial charge is 0.481 e. The van der Waals surface area contributed by atoms with Gasteiger partial charge in [0.15, 0.2) is 0 Å². The maximum atomic E-state index is 11.4. The lowest BCUT2D eigenvalue weighted by atomic mass is 10.6. The van der Waals surface area contributed by atoms with E-state index in [1.54, 1.807) is 0 Å². The van der Waals surface area contributed by atoms with Crippen LogP contribution in [0.2, 0.25) is 0 Å². The third kappa shape index (κ3) is 4.23. The number of alkyl halides is 1. The maximum Gasteiger partial charge on any atom is 0.243 e. The first kappa shape index (κ1) is 13.8. The molecular formula is C8H12ClN3O4S. The van der Waals surface area contributed by atoms with E-state index in [9.17, 15) is 8.42 Å². The Labute approximate surface area is 104 Å². The van der Waals surface area contributed by atoms with Gasteiger partial charge in [0.25, 0.3) is 0 Å². The van der Waals surface area contributed by atoms with Crippen molar-refractivity contribution in [1.29, 1.82) is 0 Å². The van der Waals surface area contributed by atoms with Gasteiger partial charge < -0.3 is 9.47 Å². The van der Waals surface area contributed by atoms with E-state index in [1.165, 1.54) is 20.3 Å². The smallest absolute Gasteiger partial charge is 0.243 e. The molecule has 17 heavy (non-hydrogen) atoms. The fourth-order valence-electron chi connectivity index (χ4n) is 0.950. The maximum absolute atomic E-state index is 11.4. The number of aromatic nitrogens is 2. The lowest BCUT2D eigenvalue weighted by Gasteiger charge is -2.08. The molecule has 0 aromatic carbocycles. The minimum Gasteiger partial charge on any atom is -0.481 e. The minimum atomic E-state index is -3.55. The zero-order valence-electron chi connectivity index (χ0n) is 9.31. The molecule has 7 nitrogen and oxygen atoms in total. The van der Waals surface area contributed by atoms with Crippen molar-refractivity contribution in [2.75, 3.05) is 30.6 Å². The molecule has 0 radical (unpaired) electrons. The number of halogens is 1. The Balaban J connectivity index is 2.98. The number of sulfonamides is 1. The Morgan fingerprint density at radius 2 is 1.82 bits per heavy atom. The average molecular weight is 282 g/mol. The topological polar surface area (TPSA) is 90.4 Å². The van der Waals surface area contributed by atoms with Crippen molar-refractivity contribution in [3.05, 3.63) is 6.07 Å². The Bertz CT molecular complexity index is 457. The van der Waals surface area contributed by atoms with Crippen molar-refractivity contribution in [1.82, 2.24) is 9.97 Å². The van der Waals surface area contributed by atoms with Gasteiger partial charge in [-0.25, -0.2) is 8.42 Å². The first-order valence-corrected chi connectivity index (χ1v) is 6.73. The summed E-state index contributed by atoms with van der Waals surface area (Å²) in [6.45, 7) is 0. The van der Waals surface area contributed by atoms with E-state index in [0.29, 0.717) is 0 Å². The van der Waals surface area contributed by atoms with Gasteiger partial charge in [-0.1, -0.05) is 0 Å². The first-order chi connectivity index (χ1) is 8.00. The summed E-state index contributed by atoms with van der Waals surface area (Å²) in [5.74, 6) is 0.0283. The van der Waals surface area contributed by atoms with Gasteiger partial charge in [-0.15, -0.1) is 11.6 Å². The van der Waals surface area contributed by atoms with Crippen LogP contribution in [-0.4, -0.2) is 44.2 Å². The molecule has 9 heteroatoms. The minimum absolute atomic E-state index is 0.0174. The van der Waals surface area contributed by atoms with Gasteiger partial charge in [-0.2, -0.15) is 9.97 Å². The summed E-state index contributed by atoms with van der Waals surface area (Å²) >= 11 is 5.36. The average Bonchev–Trinajstić information content (AvgIpc) is 2.27. The molecule has 0 unspecified atom stereocenters. The molecule has 0 fully saturated rings. The van der Waals surface area contributed by atoms with Gasteiger partial charge >= 0.3 is 0 Å². The van der Waals surface area contributed by atoms with Crippen LogP contribution in [0.3, 0.4) is 0 Å². The Hall–Kier alpha value is -1.28. The van der Waals surface area contributed by atoms with Crippen molar-refractivity contribution in [3.8, 4) is 11.8 Å². The Morgan fingerprint density at radius 1 is 1.29 bits per heavy atom. The molecule has 0 spiro atoms. The van der Waals surface area contributed by atoms with Gasteiger partial charge in [0.05, 0.1) is 26.0 Å². The van der Waals surface area contributed by atoms with Gasteiger partial charge in [0.1, 0.15) is 0 Å². The molecule has 0 aliphatic heterocycles. The molecule has 1 rings (SSSR count). The SMILES string of the molecule is COc1cc(OC)nc(NS(=O)(=O)CCCl)n1. The zero-order valence-corrected chi connectivity index (χ0v) is 10.9. The van der Waals surface area contributed by atoms with Crippen molar-refractivity contribution in [3.63, 3.8) is 0 Å². The van der Waals surface area contributed by atoms with E-state index in [0.717, 1.165) is 0 Å². The molecule has 0 saturated heterocycles. The molecule has 1 aromatic rings. The first-order valence-electron chi connectivity index (χ1n) is 4.54. The summed E-state index contributed by atoms with van der Waals surface area (Å²) in [5, 5.41) is 0. The number of hydrogen-bond acceptors (Lipinski definition) is 6. The fraction of sp³-hybridized carbons (Fsp3) is 0.500. The Morgan fingerprint density at radius 3 is 2.24 bits per heavy atom. The lowest BCUT2D eigenvalue weighted by molar-refractivity contribution is 0.373. The highest BCUT2D eigenvalue weighted by molar-refractivity contribution is 7.92. The van der Waals surface area contributed by atoms with Crippen LogP contribution in [0.4, 0.5) is 5.95 Å². The highest BCUT2D eigenvalue weighted by Crippen LogP contribution is 2.17. The molecule has 0 amide bonds. The highest BCUT2D eigenvalue weighted by atomic mass is 35.5. The summed E-state index contributed by atoms with van der Waals surface area (Å²) < 4.78 is 34.8. The highest BCUT2D eigenvalue weighted by Gasteiger charge is 2.13. The lowest BCUT2D eigenvalue weighted by Crippen LogP contribution is -2.19. The number of ether oxygens (including phenoxy) is 2. The van der Waals surface area contributed by atoms with Crippen molar-refractivity contribution < 1.29 is 17.9 Å². The van der Waals surface area contributed by atoms with Crippen LogP contribution in [0, 0.1) is 0 Å². The summed E-state index contributed by atoms with van der Waals surface area (Å²) in [6.07, 6.45) is 0. The Kier molecular flexibility index (Phi) is 4.76. The number of methoxy groups -OCH3 is 2. The predicted molar refractivity (Wildman–Crippen MR) is 63.3 cm³/mol. The van der Waals surface area contributed by atoms with Crippen LogP contribution in [0.25, 0.3) is 0 Å². The number of rotatable bonds is 6. The van der Waals surface area contributed by atoms with Gasteiger partial charge in [0, 0.05) is 5.88 Å². The molecule has 0 saturated carbocycles. The standard InChI is InChI=1S/C8H12ClN3O4S/c1-15-6-5-7(16-2)11-8(10-6)12-17(13,14)4-3-9/h5H,3-4H2,1-2H3,(H,10,11,12). The second-order valence-corrected chi connectivity index (χ2v) is 5.11. The third-order valence-electron chi connectivity index (χ3n) is 1.69. The zero-order chi connectivity index (χ0) is 12.9. The van der Waals surface area contributed by atoms with Crippen molar-refractivity contribution >= 4 is 27.6 Å². The van der Waals surface area contributed by atoms with Crippen LogP contribution in [-0.2, 0) is 10.0 Å². The number of nitrogens with one attached hydrogen (secondary N) is 1. The van der Waals surface area contributed by atoms with Gasteiger partial charge in [0.2, 0.25) is 27.7 Å². The van der Waals surface area contributed by atoms with E-state index in [2.05, 4.69) is 14.7 Å². The van der Waals surface area contributed by atoms with Crippen LogP contribution in [0.15, 0.2) is 6.07 Å². The second-order valence-electron chi connectivity index (χ2n) is 2.89. The van der Waals surface area contributed by atoms with E-state index < -0.39 is 10.0 Å².